The van der Waals surface area contributed by atoms with Crippen LogP contribution >= 0.6 is 0 Å². The number of anilines is 1. The average molecular weight is 1090 g/mol. The van der Waals surface area contributed by atoms with Gasteiger partial charge in [-0.3, -0.25) is 9.35 Å². The molecular weight excluding hydrogens is 1040 g/mol. The van der Waals surface area contributed by atoms with E-state index < -0.39 is 92.7 Å². The Bertz CT molecular complexity index is 3600. The Balaban J connectivity index is 1.46. The minimum absolute atomic E-state index is 0.0471. The molecule has 0 bridgehead atoms. The van der Waals surface area contributed by atoms with Crippen LogP contribution in [0.25, 0.3) is 21.5 Å². The molecule has 4 aromatic carbocycles. The molecule has 390 valence electrons. The summed E-state index contributed by atoms with van der Waals surface area (Å²) >= 11 is 0. The molecule has 0 saturated heterocycles. The van der Waals surface area contributed by atoms with Crippen LogP contribution in [0.3, 0.4) is 0 Å². The van der Waals surface area contributed by atoms with Crippen molar-refractivity contribution in [2.24, 2.45) is 0 Å². The Morgan fingerprint density at radius 1 is 0.681 bits per heavy atom. The summed E-state index contributed by atoms with van der Waals surface area (Å²) in [5, 5.41) is 8.97. The number of fused-ring (bicyclic) bond motifs is 6. The van der Waals surface area contributed by atoms with Crippen molar-refractivity contribution in [3.05, 3.63) is 108 Å². The number of rotatable bonds is 22. The van der Waals surface area contributed by atoms with Crippen molar-refractivity contribution < 1.29 is 84.1 Å². The van der Waals surface area contributed by atoms with E-state index in [-0.39, 0.29) is 65.9 Å². The van der Waals surface area contributed by atoms with Gasteiger partial charge in [-0.1, -0.05) is 36.4 Å². The molecule has 4 aromatic rings. The molecule has 6 rings (SSSR count). The van der Waals surface area contributed by atoms with Gasteiger partial charge in [-0.25, -0.2) is 33.7 Å². The fourth-order valence-electron chi connectivity index (χ4n) is 9.91. The number of carbonyl (C=O) groups is 1. The van der Waals surface area contributed by atoms with Crippen LogP contribution < -0.4 is 4.90 Å². The fourth-order valence-corrected chi connectivity index (χ4v) is 13.1. The van der Waals surface area contributed by atoms with Crippen molar-refractivity contribution in [3.8, 4) is 0 Å². The van der Waals surface area contributed by atoms with Crippen molar-refractivity contribution in [3.63, 3.8) is 0 Å². The molecule has 0 aromatic heterocycles. The maximum Gasteiger partial charge on any atom is 0.303 e. The number of methoxy groups -OCH3 is 1. The molecule has 72 heavy (non-hydrogen) atoms. The average Bonchev–Trinajstić information content (AvgIpc) is 3.65. The number of hydrogen-bond acceptors (Lipinski definition) is 17. The number of allylic oxidation sites excluding steroid dienone is 8. The zero-order valence-corrected chi connectivity index (χ0v) is 43.4. The lowest BCUT2D eigenvalue weighted by Gasteiger charge is -2.30. The van der Waals surface area contributed by atoms with Crippen molar-refractivity contribution in [2.75, 3.05) is 37.5 Å². The minimum atomic E-state index is -5.38. The standard InChI is InChI=1S/C47H54N2O18S5/c1-5-48-37-20-18-33-35(27-31(69(55,56)57)29-39(33)71(61,62)63)44(37)47(3,23-25-67-4)41(48)15-10-7-6-8-11-16-42-46(2,22-14-26-68(52,53)54)45-36-28-32(70(58,59)60)30-40(72(64,65)66)34(36)19-21-38(45)49(42)24-13-9-12-17-43(50)51/h6-8,10-11,15-16,18-21,27-30H,5,9,12-14,17,22-26H2,1-4H3,(H5-,50,51,52,53,54,55,56,57,58,59,60,61,62,63,64,65,66)/p-3. The number of nitrogens with zero attached hydrogens (tertiary/aromatic N) is 2. The number of ether oxygens (including phenoxy) is 1. The third-order valence-electron chi connectivity index (χ3n) is 13.0. The van der Waals surface area contributed by atoms with Crippen molar-refractivity contribution in [2.45, 2.75) is 96.1 Å². The number of likely N-dealkylation sites (N-methyl/N-ethyl adjacent to an activating group) is 1. The second kappa shape index (κ2) is 21.0. The Hall–Kier alpha value is -5.19. The Morgan fingerprint density at radius 2 is 1.24 bits per heavy atom. The number of hydrogen-bond donors (Lipinski definition) is 2. The number of carboxylic acids is 1. The maximum absolute atomic E-state index is 12.6. The fraction of sp³-hybridized carbons (Fsp3) is 0.362. The van der Waals surface area contributed by atoms with Gasteiger partial charge in [0.15, 0.2) is 5.71 Å². The Kier molecular flexibility index (Phi) is 16.3. The van der Waals surface area contributed by atoms with E-state index in [9.17, 15) is 74.8 Å². The van der Waals surface area contributed by atoms with E-state index >= 15 is 0 Å². The molecule has 25 heteroatoms. The number of aliphatic carboxylic acids is 1. The van der Waals surface area contributed by atoms with Crippen molar-refractivity contribution in [1.29, 1.82) is 0 Å². The summed E-state index contributed by atoms with van der Waals surface area (Å²) in [7, 11) is -24.2. The van der Waals surface area contributed by atoms with E-state index in [4.69, 9.17) is 4.74 Å². The topological polar surface area (TPSA) is 336 Å². The predicted octanol–water partition coefficient (Wildman–Crippen LogP) is 5.67. The predicted molar refractivity (Wildman–Crippen MR) is 261 cm³/mol. The van der Waals surface area contributed by atoms with Gasteiger partial charge in [0.1, 0.15) is 47.0 Å². The summed E-state index contributed by atoms with van der Waals surface area (Å²) in [4.78, 5) is 9.49. The van der Waals surface area contributed by atoms with E-state index in [0.29, 0.717) is 66.3 Å². The molecule has 2 N–H and O–H groups in total. The lowest BCUT2D eigenvalue weighted by Crippen LogP contribution is -2.32. The Labute approximate surface area is 418 Å². The highest BCUT2D eigenvalue weighted by Crippen LogP contribution is 2.54. The summed E-state index contributed by atoms with van der Waals surface area (Å²) in [5.41, 5.74) is 0.564. The first-order valence-electron chi connectivity index (χ1n) is 22.2. The molecule has 2 heterocycles. The molecule has 0 radical (unpaired) electrons. The van der Waals surface area contributed by atoms with Crippen LogP contribution in [0.15, 0.2) is 116 Å². The summed E-state index contributed by atoms with van der Waals surface area (Å²) in [5.74, 6) is -1.68. The van der Waals surface area contributed by atoms with Crippen LogP contribution in [0.4, 0.5) is 11.4 Å². The monoisotopic (exact) mass is 1090 g/mol. The van der Waals surface area contributed by atoms with Gasteiger partial charge in [-0.15, -0.1) is 0 Å². The third-order valence-corrected chi connectivity index (χ3v) is 17.2. The first kappa shape index (κ1) is 56.1. The number of carboxylic acid groups (broad SMARTS) is 1. The van der Waals surface area contributed by atoms with E-state index in [1.165, 1.54) is 25.3 Å². The molecule has 0 saturated carbocycles. The molecule has 0 fully saturated rings. The van der Waals surface area contributed by atoms with E-state index in [0.717, 1.165) is 12.1 Å². The van der Waals surface area contributed by atoms with E-state index in [1.54, 1.807) is 55.5 Å². The smallest absolute Gasteiger partial charge is 0.303 e. The molecule has 2 aliphatic heterocycles. The summed E-state index contributed by atoms with van der Waals surface area (Å²) in [6.07, 6.45) is 13.0. The molecule has 0 spiro atoms. The second-order valence-electron chi connectivity index (χ2n) is 17.7. The molecular formula is C47H51N2O18S5-3. The highest BCUT2D eigenvalue weighted by atomic mass is 32.2. The SMILES string of the molecule is CCN1C(=CC=CC=CC=CC2=[N+](CCCCCC(=O)O)c3ccc4c(S(=O)(=O)[O-])cc(S(=O)(=O)[O-])cc4c3C2(C)CCCS(=O)(=O)O)C(C)(CCOC)c2c1ccc1c(S(=O)(=O)[O-])cc(S(=O)(=O)[O-])cc21. The molecule has 20 nitrogen and oxygen atoms in total. The van der Waals surface area contributed by atoms with Crippen LogP contribution in [-0.2, 0) is 71.0 Å². The zero-order chi connectivity index (χ0) is 53.4. The van der Waals surface area contributed by atoms with Gasteiger partial charge < -0.3 is 33.0 Å². The summed E-state index contributed by atoms with van der Waals surface area (Å²) in [6, 6.07) is 8.93. The lowest BCUT2D eigenvalue weighted by atomic mass is 9.74. The molecule has 0 aliphatic carbocycles. The molecule has 2 atom stereocenters. The van der Waals surface area contributed by atoms with E-state index in [2.05, 4.69) is 0 Å². The number of benzene rings is 4. The quantitative estimate of drug-likeness (QED) is 0.0414. The normalized spacial score (nSPS) is 19.6. The van der Waals surface area contributed by atoms with Crippen LogP contribution in [0.2, 0.25) is 0 Å². The van der Waals surface area contributed by atoms with Crippen LogP contribution in [0.1, 0.15) is 76.8 Å². The van der Waals surface area contributed by atoms with Gasteiger partial charge in [0, 0.05) is 73.0 Å². The first-order valence-corrected chi connectivity index (χ1v) is 29.5. The van der Waals surface area contributed by atoms with Gasteiger partial charge in [0.25, 0.3) is 10.1 Å². The molecule has 2 aliphatic rings. The Morgan fingerprint density at radius 3 is 1.76 bits per heavy atom. The largest absolute Gasteiger partial charge is 0.744 e. The molecule has 0 amide bonds. The van der Waals surface area contributed by atoms with Gasteiger partial charge in [0.2, 0.25) is 5.69 Å². The van der Waals surface area contributed by atoms with E-state index in [1.807, 2.05) is 23.3 Å². The maximum atomic E-state index is 12.6. The van der Waals surface area contributed by atoms with Crippen LogP contribution in [0.5, 0.6) is 0 Å². The van der Waals surface area contributed by atoms with Crippen molar-refractivity contribution >= 4 is 95.2 Å². The van der Waals surface area contributed by atoms with Crippen LogP contribution in [-0.4, -0.2) is 119 Å². The van der Waals surface area contributed by atoms with Crippen LogP contribution in [0, 0.1) is 0 Å². The first-order chi connectivity index (χ1) is 33.4. The summed E-state index contributed by atoms with van der Waals surface area (Å²) in [6.45, 7) is 6.17. The zero-order valence-electron chi connectivity index (χ0n) is 39.3. The number of unbranched alkanes of at least 4 members (excludes halogenated alkanes) is 2. The van der Waals surface area contributed by atoms with Crippen molar-refractivity contribution in [1.82, 2.24) is 0 Å². The third kappa shape index (κ3) is 11.8. The molecule has 2 unspecified atom stereocenters. The highest BCUT2D eigenvalue weighted by molar-refractivity contribution is 7.87. The van der Waals surface area contributed by atoms with Gasteiger partial charge in [-0.2, -0.15) is 13.0 Å². The summed E-state index contributed by atoms with van der Waals surface area (Å²) < 4.78 is 190. The lowest BCUT2D eigenvalue weighted by molar-refractivity contribution is -0.438. The highest BCUT2D eigenvalue weighted by Gasteiger charge is 2.49. The minimum Gasteiger partial charge on any atom is -0.744 e. The second-order valence-corrected chi connectivity index (χ2v) is 24.8. The van der Waals surface area contributed by atoms with Gasteiger partial charge in [-0.05, 0) is 117 Å². The van der Waals surface area contributed by atoms with Gasteiger partial charge >= 0.3 is 5.97 Å². The van der Waals surface area contributed by atoms with Gasteiger partial charge in [0.05, 0.1) is 30.7 Å².